The normalized spacial score (nSPS) is 26.3. The van der Waals surface area contributed by atoms with Crippen molar-refractivity contribution < 1.29 is 28.2 Å². The summed E-state index contributed by atoms with van der Waals surface area (Å²) >= 11 is 0. The van der Waals surface area contributed by atoms with Crippen LogP contribution in [0.4, 0.5) is 20.3 Å². The van der Waals surface area contributed by atoms with Gasteiger partial charge in [-0.15, -0.1) is 0 Å². The molecular weight excluding hydrogens is 472 g/mol. The van der Waals surface area contributed by atoms with Crippen LogP contribution in [0.2, 0.25) is 0 Å². The third-order valence-electron chi connectivity index (χ3n) is 7.68. The molecule has 3 saturated heterocycles. The summed E-state index contributed by atoms with van der Waals surface area (Å²) in [5, 5.41) is 9.90. The Bertz CT molecular complexity index is 1180. The first kappa shape index (κ1) is 23.4. The zero-order valence-electron chi connectivity index (χ0n) is 20.0. The third-order valence-corrected chi connectivity index (χ3v) is 7.68. The molecule has 0 spiro atoms. The number of carbonyl (C=O) groups is 1. The summed E-state index contributed by atoms with van der Waals surface area (Å²) in [6.07, 6.45) is 2.18. The Labute approximate surface area is 207 Å². The molecule has 9 nitrogen and oxygen atoms in total. The maximum atomic E-state index is 14.6. The van der Waals surface area contributed by atoms with Gasteiger partial charge in [-0.1, -0.05) is 0 Å². The lowest BCUT2D eigenvalue weighted by atomic mass is 9.95. The number of phenols is 1. The molecule has 4 aliphatic heterocycles. The van der Waals surface area contributed by atoms with E-state index in [-0.39, 0.29) is 36.1 Å². The summed E-state index contributed by atoms with van der Waals surface area (Å²) in [5.74, 6) is -0.759. The lowest BCUT2D eigenvalue weighted by molar-refractivity contribution is 0.0995. The van der Waals surface area contributed by atoms with Crippen LogP contribution in [0, 0.1) is 5.82 Å². The highest BCUT2D eigenvalue weighted by molar-refractivity contribution is 6.12. The largest absolute Gasteiger partial charge is 0.508 e. The number of carbonyl (C=O) groups excluding carboxylic acids is 1. The van der Waals surface area contributed by atoms with Gasteiger partial charge >= 0.3 is 6.01 Å². The van der Waals surface area contributed by atoms with E-state index < -0.39 is 17.9 Å². The minimum atomic E-state index is -0.870. The summed E-state index contributed by atoms with van der Waals surface area (Å²) in [4.78, 5) is 28.1. The van der Waals surface area contributed by atoms with E-state index in [0.717, 1.165) is 31.9 Å². The van der Waals surface area contributed by atoms with Crippen LogP contribution in [0.15, 0.2) is 18.2 Å². The fourth-order valence-corrected chi connectivity index (χ4v) is 5.96. The van der Waals surface area contributed by atoms with Crippen LogP contribution in [-0.2, 0) is 11.3 Å². The summed E-state index contributed by atoms with van der Waals surface area (Å²) in [6, 6.07) is 3.71. The molecule has 2 atom stereocenters. The van der Waals surface area contributed by atoms with E-state index in [1.165, 1.54) is 17.0 Å². The molecule has 11 heteroatoms. The van der Waals surface area contributed by atoms with Crippen LogP contribution < -0.4 is 14.5 Å². The predicted molar refractivity (Wildman–Crippen MR) is 127 cm³/mol. The fourth-order valence-electron chi connectivity index (χ4n) is 5.96. The highest BCUT2D eigenvalue weighted by atomic mass is 19.1. The van der Waals surface area contributed by atoms with E-state index >= 15 is 0 Å². The van der Waals surface area contributed by atoms with Crippen LogP contribution in [0.1, 0.15) is 41.7 Å². The van der Waals surface area contributed by atoms with E-state index in [1.807, 2.05) is 4.90 Å². The van der Waals surface area contributed by atoms with E-state index in [0.29, 0.717) is 56.3 Å². The Morgan fingerprint density at radius 1 is 1.19 bits per heavy atom. The van der Waals surface area contributed by atoms with Crippen molar-refractivity contribution >= 4 is 17.4 Å². The monoisotopic (exact) mass is 501 g/mol. The number of halogens is 2. The number of benzene rings is 1. The van der Waals surface area contributed by atoms with Gasteiger partial charge in [0, 0.05) is 38.7 Å². The van der Waals surface area contributed by atoms with Gasteiger partial charge in [0.15, 0.2) is 0 Å². The van der Waals surface area contributed by atoms with Crippen molar-refractivity contribution in [2.75, 3.05) is 55.8 Å². The number of alkyl halides is 1. The van der Waals surface area contributed by atoms with Crippen LogP contribution in [0.25, 0.3) is 0 Å². The number of phenolic OH excluding ortho intramolecular Hbond substituents is 1. The molecule has 0 aliphatic carbocycles. The van der Waals surface area contributed by atoms with Crippen molar-refractivity contribution in [2.24, 2.45) is 0 Å². The number of fused-ring (bicyclic) bond motifs is 2. The zero-order valence-corrected chi connectivity index (χ0v) is 20.0. The molecule has 1 amide bonds. The predicted octanol–water partition coefficient (Wildman–Crippen LogP) is 2.66. The molecule has 6 rings (SSSR count). The van der Waals surface area contributed by atoms with Crippen molar-refractivity contribution in [1.29, 1.82) is 0 Å². The maximum Gasteiger partial charge on any atom is 0.318 e. The Morgan fingerprint density at radius 2 is 2.08 bits per heavy atom. The van der Waals surface area contributed by atoms with Gasteiger partial charge in [0.2, 0.25) is 0 Å². The second kappa shape index (κ2) is 9.11. The second-order valence-electron chi connectivity index (χ2n) is 10.00. The zero-order chi connectivity index (χ0) is 24.9. The molecule has 5 heterocycles. The number of rotatable bonds is 5. The number of anilines is 2. The number of nitrogens with zero attached hydrogens (tertiary/aromatic N) is 5. The van der Waals surface area contributed by atoms with E-state index in [9.17, 15) is 18.7 Å². The molecule has 1 aromatic carbocycles. The van der Waals surface area contributed by atoms with E-state index in [1.54, 1.807) is 0 Å². The first-order chi connectivity index (χ1) is 17.4. The molecule has 192 valence electrons. The fraction of sp³-hybridized carbons (Fsp3) is 0.560. The lowest BCUT2D eigenvalue weighted by Crippen LogP contribution is -2.43. The van der Waals surface area contributed by atoms with Gasteiger partial charge in [-0.3, -0.25) is 14.6 Å². The van der Waals surface area contributed by atoms with Crippen LogP contribution in [0.5, 0.6) is 11.8 Å². The first-order valence-electron chi connectivity index (χ1n) is 12.5. The van der Waals surface area contributed by atoms with Crippen molar-refractivity contribution in [3.63, 3.8) is 0 Å². The molecule has 0 bridgehead atoms. The van der Waals surface area contributed by atoms with Gasteiger partial charge < -0.3 is 19.5 Å². The molecule has 4 aliphatic rings. The van der Waals surface area contributed by atoms with Crippen molar-refractivity contribution in [2.45, 2.75) is 43.9 Å². The first-order valence-corrected chi connectivity index (χ1v) is 12.5. The van der Waals surface area contributed by atoms with Gasteiger partial charge in [-0.2, -0.15) is 9.97 Å². The Morgan fingerprint density at radius 3 is 2.97 bits per heavy atom. The van der Waals surface area contributed by atoms with E-state index in [2.05, 4.69) is 14.9 Å². The topological polar surface area (TPSA) is 91.3 Å². The minimum Gasteiger partial charge on any atom is -0.508 e. The number of amides is 1. The molecule has 2 unspecified atom stereocenters. The van der Waals surface area contributed by atoms with E-state index in [4.69, 9.17) is 9.47 Å². The Kier molecular flexibility index (Phi) is 5.91. The quantitative estimate of drug-likeness (QED) is 0.669. The highest BCUT2D eigenvalue weighted by Gasteiger charge is 2.49. The summed E-state index contributed by atoms with van der Waals surface area (Å²) in [7, 11) is 0. The average molecular weight is 502 g/mol. The summed E-state index contributed by atoms with van der Waals surface area (Å²) < 4.78 is 40.5. The molecule has 0 radical (unpaired) electrons. The molecular formula is C25H29F2N5O4. The Balaban J connectivity index is 1.34. The standard InChI is InChI=1S/C25H29F2N5O4/c26-16-12-25(5-1-7-31(25)13-16)15-36-24-28-19-14-32(20-11-17(33)3-4-18(20)27)23(34)21(19)22(29-24)30-6-2-9-35-10-8-30/h3-4,11,16,33H,1-2,5-10,12-15H2. The van der Waals surface area contributed by atoms with Crippen LogP contribution >= 0.6 is 0 Å². The minimum absolute atomic E-state index is 0.0222. The highest BCUT2D eigenvalue weighted by Crippen LogP contribution is 2.41. The Hall–Kier alpha value is -3.05. The molecule has 2 aromatic rings. The number of aromatic hydroxyl groups is 1. The van der Waals surface area contributed by atoms with Gasteiger partial charge in [0.1, 0.15) is 35.7 Å². The SMILES string of the molecule is O=C1c2c(nc(OCC34CCCN3CC(F)C4)nc2N2CCCOCC2)CN1c1cc(O)ccc1F. The van der Waals surface area contributed by atoms with Gasteiger partial charge in [-0.05, 0) is 37.9 Å². The van der Waals surface area contributed by atoms with Crippen LogP contribution in [-0.4, -0.2) is 83.6 Å². The third kappa shape index (κ3) is 4.03. The van der Waals surface area contributed by atoms with Gasteiger partial charge in [0.05, 0.1) is 30.1 Å². The second-order valence-corrected chi connectivity index (χ2v) is 10.00. The summed E-state index contributed by atoms with van der Waals surface area (Å²) in [6.45, 7) is 3.85. The number of hydrogen-bond acceptors (Lipinski definition) is 8. The smallest absolute Gasteiger partial charge is 0.318 e. The van der Waals surface area contributed by atoms with Crippen LogP contribution in [0.3, 0.4) is 0 Å². The molecule has 1 aromatic heterocycles. The number of hydrogen-bond donors (Lipinski definition) is 1. The van der Waals surface area contributed by atoms with Gasteiger partial charge in [-0.25, -0.2) is 8.78 Å². The van der Waals surface area contributed by atoms with Gasteiger partial charge in [0.25, 0.3) is 5.91 Å². The molecule has 36 heavy (non-hydrogen) atoms. The van der Waals surface area contributed by atoms with Crippen molar-refractivity contribution in [1.82, 2.24) is 14.9 Å². The summed E-state index contributed by atoms with van der Waals surface area (Å²) in [5.41, 5.74) is 0.358. The maximum absolute atomic E-state index is 14.6. The molecule has 1 N–H and O–H groups in total. The van der Waals surface area contributed by atoms with Crippen molar-refractivity contribution in [3.05, 3.63) is 35.3 Å². The lowest BCUT2D eigenvalue weighted by Gasteiger charge is -2.31. The number of ether oxygens (including phenoxy) is 2. The molecule has 0 saturated carbocycles. The molecule has 3 fully saturated rings. The average Bonchev–Trinajstić information content (AvgIpc) is 3.39. The number of aromatic nitrogens is 2. The van der Waals surface area contributed by atoms with Crippen molar-refractivity contribution in [3.8, 4) is 11.8 Å².